The molecule has 15 heavy (non-hydrogen) atoms. The molecule has 0 N–H and O–H groups in total. The molecule has 1 aliphatic heterocycles. The predicted octanol–water partition coefficient (Wildman–Crippen LogP) is 4.32. The number of rotatable bonds is 4. The number of unbranched alkanes of at least 4 members (excludes halogenated alkanes) is 4. The lowest BCUT2D eigenvalue weighted by Crippen LogP contribution is -2.28. The van der Waals surface area contributed by atoms with Crippen LogP contribution in [0.2, 0.25) is 0 Å². The second-order valence-corrected chi connectivity index (χ2v) is 5.05. The topological polar surface area (TPSA) is 3.24 Å². The van der Waals surface area contributed by atoms with Crippen molar-refractivity contribution in [3.05, 3.63) is 0 Å². The van der Waals surface area contributed by atoms with Crippen LogP contribution in [-0.2, 0) is 0 Å². The summed E-state index contributed by atoms with van der Waals surface area (Å²) in [4.78, 5) is 2.40. The first-order valence-electron chi connectivity index (χ1n) is 6.89. The first-order valence-corrected chi connectivity index (χ1v) is 6.89. The number of hydrogen-bond donors (Lipinski definition) is 0. The Bertz CT molecular complexity index is 101. The molecule has 0 aromatic heterocycles. The van der Waals surface area contributed by atoms with E-state index in [1.807, 2.05) is 0 Å². The van der Waals surface area contributed by atoms with Gasteiger partial charge in [-0.2, -0.15) is 0 Å². The van der Waals surface area contributed by atoms with E-state index in [1.54, 1.807) is 0 Å². The van der Waals surface area contributed by atoms with Crippen molar-refractivity contribution in [2.75, 3.05) is 20.1 Å². The monoisotopic (exact) mass is 213 g/mol. The van der Waals surface area contributed by atoms with Crippen LogP contribution in [0.5, 0.6) is 0 Å². The fourth-order valence-electron chi connectivity index (χ4n) is 1.81. The van der Waals surface area contributed by atoms with Gasteiger partial charge in [0.05, 0.1) is 0 Å². The molecule has 0 atom stereocenters. The maximum Gasteiger partial charge on any atom is -0.00192 e. The summed E-state index contributed by atoms with van der Waals surface area (Å²) in [5.74, 6) is 0.978. The van der Waals surface area contributed by atoms with Gasteiger partial charge in [-0.1, -0.05) is 52.9 Å². The van der Waals surface area contributed by atoms with Crippen molar-refractivity contribution in [3.8, 4) is 0 Å². The van der Waals surface area contributed by atoms with Gasteiger partial charge >= 0.3 is 0 Å². The predicted molar refractivity (Wildman–Crippen MR) is 70.3 cm³/mol. The van der Waals surface area contributed by atoms with Crippen molar-refractivity contribution >= 4 is 0 Å². The van der Waals surface area contributed by atoms with Crippen molar-refractivity contribution in [1.82, 2.24) is 4.90 Å². The molecule has 0 aliphatic carbocycles. The quantitative estimate of drug-likeness (QED) is 0.628. The van der Waals surface area contributed by atoms with E-state index in [-0.39, 0.29) is 0 Å². The second-order valence-electron chi connectivity index (χ2n) is 5.05. The van der Waals surface area contributed by atoms with Crippen molar-refractivity contribution in [3.63, 3.8) is 0 Å². The molecule has 0 saturated carbocycles. The highest BCUT2D eigenvalue weighted by atomic mass is 15.1. The molecule has 1 saturated heterocycles. The van der Waals surface area contributed by atoms with Gasteiger partial charge in [-0.15, -0.1) is 0 Å². The van der Waals surface area contributed by atoms with E-state index in [4.69, 9.17) is 0 Å². The van der Waals surface area contributed by atoms with Gasteiger partial charge in [-0.05, 0) is 38.9 Å². The van der Waals surface area contributed by atoms with Gasteiger partial charge in [0.2, 0.25) is 0 Å². The third kappa shape index (κ3) is 10.2. The summed E-state index contributed by atoms with van der Waals surface area (Å²) in [6.45, 7) is 9.45. The number of piperidine rings is 1. The SMILES string of the molecule is CC1CCN(C)CC1.CCCCCCC. The highest BCUT2D eigenvalue weighted by molar-refractivity contribution is 4.65. The van der Waals surface area contributed by atoms with E-state index in [0.29, 0.717) is 0 Å². The minimum atomic E-state index is 0.978. The van der Waals surface area contributed by atoms with Gasteiger partial charge in [0, 0.05) is 0 Å². The van der Waals surface area contributed by atoms with Crippen LogP contribution in [0.4, 0.5) is 0 Å². The minimum Gasteiger partial charge on any atom is -0.306 e. The molecule has 1 heterocycles. The average Bonchev–Trinajstić information content (AvgIpc) is 2.24. The molecular weight excluding hydrogens is 182 g/mol. The van der Waals surface area contributed by atoms with Crippen molar-refractivity contribution in [2.45, 2.75) is 65.7 Å². The van der Waals surface area contributed by atoms with E-state index in [0.717, 1.165) is 5.92 Å². The molecule has 0 aromatic carbocycles. The molecule has 1 aliphatic rings. The van der Waals surface area contributed by atoms with E-state index in [2.05, 4.69) is 32.7 Å². The normalized spacial score (nSPS) is 18.4. The van der Waals surface area contributed by atoms with Crippen LogP contribution in [0.1, 0.15) is 65.7 Å². The van der Waals surface area contributed by atoms with Crippen molar-refractivity contribution in [1.29, 1.82) is 0 Å². The van der Waals surface area contributed by atoms with Crippen LogP contribution in [0.25, 0.3) is 0 Å². The Morgan fingerprint density at radius 2 is 1.40 bits per heavy atom. The molecule has 92 valence electrons. The Hall–Kier alpha value is -0.0400. The van der Waals surface area contributed by atoms with Crippen LogP contribution in [0.3, 0.4) is 0 Å². The zero-order valence-electron chi connectivity index (χ0n) is 11.4. The summed E-state index contributed by atoms with van der Waals surface area (Å²) < 4.78 is 0. The standard InChI is InChI=1S/C7H15N.C7H16/c1-7-3-5-8(2)6-4-7;1-3-5-7-6-4-2/h7H,3-6H2,1-2H3;3-7H2,1-2H3. The Balaban J connectivity index is 0.000000265. The summed E-state index contributed by atoms with van der Waals surface area (Å²) >= 11 is 0. The molecule has 0 radical (unpaired) electrons. The number of hydrogen-bond acceptors (Lipinski definition) is 1. The highest BCUT2D eigenvalue weighted by Gasteiger charge is 2.10. The zero-order valence-corrected chi connectivity index (χ0v) is 11.4. The molecule has 0 unspecified atom stereocenters. The maximum absolute atomic E-state index is 2.40. The molecule has 0 aromatic rings. The molecule has 0 amide bonds. The number of likely N-dealkylation sites (tertiary alicyclic amines) is 1. The van der Waals surface area contributed by atoms with E-state index in [1.165, 1.54) is 58.0 Å². The largest absolute Gasteiger partial charge is 0.306 e. The maximum atomic E-state index is 2.40. The molecular formula is C14H31N. The first kappa shape index (κ1) is 15.0. The minimum absolute atomic E-state index is 0.978. The van der Waals surface area contributed by atoms with Crippen LogP contribution >= 0.6 is 0 Å². The lowest BCUT2D eigenvalue weighted by Gasteiger charge is -2.26. The molecule has 1 heteroatoms. The molecule has 1 fully saturated rings. The summed E-state index contributed by atoms with van der Waals surface area (Å²) in [6, 6.07) is 0. The third-order valence-corrected chi connectivity index (χ3v) is 3.21. The Morgan fingerprint density at radius 3 is 1.73 bits per heavy atom. The summed E-state index contributed by atoms with van der Waals surface area (Å²) in [6.07, 6.45) is 9.81. The van der Waals surface area contributed by atoms with Crippen molar-refractivity contribution in [2.24, 2.45) is 5.92 Å². The molecule has 0 spiro atoms. The molecule has 1 rings (SSSR count). The fourth-order valence-corrected chi connectivity index (χ4v) is 1.81. The Labute approximate surface area is 97.2 Å². The second kappa shape index (κ2) is 10.5. The van der Waals surface area contributed by atoms with Gasteiger partial charge in [0.25, 0.3) is 0 Å². The molecule has 1 nitrogen and oxygen atoms in total. The summed E-state index contributed by atoms with van der Waals surface area (Å²) in [5.41, 5.74) is 0. The van der Waals surface area contributed by atoms with E-state index < -0.39 is 0 Å². The highest BCUT2D eigenvalue weighted by Crippen LogP contribution is 2.13. The Morgan fingerprint density at radius 1 is 0.933 bits per heavy atom. The zero-order chi connectivity index (χ0) is 11.5. The number of nitrogens with zero attached hydrogens (tertiary/aromatic N) is 1. The average molecular weight is 213 g/mol. The smallest absolute Gasteiger partial charge is 0.00192 e. The van der Waals surface area contributed by atoms with Gasteiger partial charge in [-0.25, -0.2) is 0 Å². The lowest BCUT2D eigenvalue weighted by molar-refractivity contribution is 0.230. The van der Waals surface area contributed by atoms with E-state index >= 15 is 0 Å². The first-order chi connectivity index (χ1) is 7.20. The van der Waals surface area contributed by atoms with Gasteiger partial charge in [-0.3, -0.25) is 0 Å². The van der Waals surface area contributed by atoms with Crippen LogP contribution in [0, 0.1) is 5.92 Å². The van der Waals surface area contributed by atoms with Crippen LogP contribution in [0.15, 0.2) is 0 Å². The van der Waals surface area contributed by atoms with Gasteiger partial charge < -0.3 is 4.90 Å². The molecule has 0 bridgehead atoms. The fraction of sp³-hybridized carbons (Fsp3) is 1.00. The van der Waals surface area contributed by atoms with Crippen LogP contribution in [-0.4, -0.2) is 25.0 Å². The lowest BCUT2D eigenvalue weighted by atomic mass is 10.00. The third-order valence-electron chi connectivity index (χ3n) is 3.21. The Kier molecular flexibility index (Phi) is 10.4. The van der Waals surface area contributed by atoms with Crippen LogP contribution < -0.4 is 0 Å². The van der Waals surface area contributed by atoms with E-state index in [9.17, 15) is 0 Å². The van der Waals surface area contributed by atoms with Gasteiger partial charge in [0.1, 0.15) is 0 Å². The summed E-state index contributed by atoms with van der Waals surface area (Å²) in [7, 11) is 2.20. The van der Waals surface area contributed by atoms with Crippen molar-refractivity contribution < 1.29 is 0 Å². The van der Waals surface area contributed by atoms with Gasteiger partial charge in [0.15, 0.2) is 0 Å². The summed E-state index contributed by atoms with van der Waals surface area (Å²) in [5, 5.41) is 0.